The van der Waals surface area contributed by atoms with Crippen LogP contribution in [0.2, 0.25) is 0 Å². The van der Waals surface area contributed by atoms with Crippen molar-refractivity contribution in [3.05, 3.63) is 0 Å². The smallest absolute Gasteiger partial charge is 0.0509 e. The van der Waals surface area contributed by atoms with E-state index in [2.05, 4.69) is 40.4 Å². The van der Waals surface area contributed by atoms with Crippen LogP contribution in [0.25, 0.3) is 0 Å². The molecule has 0 saturated carbocycles. The van der Waals surface area contributed by atoms with E-state index in [0.717, 1.165) is 18.1 Å². The number of hydrogen-bond acceptors (Lipinski definition) is 4. The Balaban J connectivity index is 1.33. The Bertz CT molecular complexity index is 351. The van der Waals surface area contributed by atoms with Crippen LogP contribution >= 0.6 is 0 Å². The van der Waals surface area contributed by atoms with Crippen molar-refractivity contribution >= 4 is 0 Å². The Morgan fingerprint density at radius 1 is 0.913 bits per heavy atom. The molecule has 3 aliphatic heterocycles. The average Bonchev–Trinajstić information content (AvgIpc) is 3.17. The number of nitrogens with zero attached hydrogens (tertiary/aromatic N) is 4. The highest BCUT2D eigenvalue weighted by molar-refractivity contribution is 4.84. The van der Waals surface area contributed by atoms with Crippen molar-refractivity contribution < 1.29 is 0 Å². The SMILES string of the molecule is CC(C)N1CCC(N2CCN(CCCN3CCCC3C)C2)CC1. The largest absolute Gasteiger partial charge is 0.301 e. The monoisotopic (exact) mass is 322 g/mol. The summed E-state index contributed by atoms with van der Waals surface area (Å²) in [6.07, 6.45) is 6.92. The number of hydrogen-bond donors (Lipinski definition) is 0. The van der Waals surface area contributed by atoms with Gasteiger partial charge in [0.25, 0.3) is 0 Å². The van der Waals surface area contributed by atoms with E-state index in [1.54, 1.807) is 0 Å². The molecule has 3 saturated heterocycles. The maximum absolute atomic E-state index is 2.76. The first-order chi connectivity index (χ1) is 11.1. The lowest BCUT2D eigenvalue weighted by molar-refractivity contribution is 0.0945. The van der Waals surface area contributed by atoms with Crippen molar-refractivity contribution in [2.45, 2.75) is 71.0 Å². The van der Waals surface area contributed by atoms with E-state index in [9.17, 15) is 0 Å². The maximum atomic E-state index is 2.76. The van der Waals surface area contributed by atoms with Crippen LogP contribution in [-0.2, 0) is 0 Å². The molecule has 23 heavy (non-hydrogen) atoms. The van der Waals surface area contributed by atoms with E-state index < -0.39 is 0 Å². The van der Waals surface area contributed by atoms with Gasteiger partial charge in [0.1, 0.15) is 0 Å². The second-order valence-electron chi connectivity index (χ2n) is 8.31. The van der Waals surface area contributed by atoms with E-state index >= 15 is 0 Å². The summed E-state index contributed by atoms with van der Waals surface area (Å²) in [4.78, 5) is 10.8. The summed E-state index contributed by atoms with van der Waals surface area (Å²) in [7, 11) is 0. The summed E-state index contributed by atoms with van der Waals surface area (Å²) in [5, 5.41) is 0. The van der Waals surface area contributed by atoms with Crippen molar-refractivity contribution in [1.29, 1.82) is 0 Å². The predicted molar refractivity (Wildman–Crippen MR) is 97.8 cm³/mol. The summed E-state index contributed by atoms with van der Waals surface area (Å²) < 4.78 is 0. The fraction of sp³-hybridized carbons (Fsp3) is 1.00. The van der Waals surface area contributed by atoms with Crippen LogP contribution in [0.5, 0.6) is 0 Å². The van der Waals surface area contributed by atoms with Crippen molar-refractivity contribution in [2.75, 3.05) is 52.5 Å². The van der Waals surface area contributed by atoms with Crippen molar-refractivity contribution in [2.24, 2.45) is 0 Å². The predicted octanol–water partition coefficient (Wildman–Crippen LogP) is 2.31. The van der Waals surface area contributed by atoms with E-state index in [1.807, 2.05) is 0 Å². The molecule has 0 aromatic heterocycles. The molecule has 4 heteroatoms. The van der Waals surface area contributed by atoms with Gasteiger partial charge in [0.05, 0.1) is 6.67 Å². The van der Waals surface area contributed by atoms with E-state index in [-0.39, 0.29) is 0 Å². The quantitative estimate of drug-likeness (QED) is 0.744. The molecule has 3 rings (SSSR count). The molecule has 0 spiro atoms. The van der Waals surface area contributed by atoms with Crippen molar-refractivity contribution in [1.82, 2.24) is 19.6 Å². The molecular weight excluding hydrogens is 284 g/mol. The van der Waals surface area contributed by atoms with Crippen molar-refractivity contribution in [3.63, 3.8) is 0 Å². The third kappa shape index (κ3) is 4.68. The van der Waals surface area contributed by atoms with Crippen LogP contribution in [0.1, 0.15) is 52.9 Å². The van der Waals surface area contributed by atoms with Gasteiger partial charge in [-0.3, -0.25) is 9.80 Å². The van der Waals surface area contributed by atoms with Crippen LogP contribution in [0, 0.1) is 0 Å². The van der Waals surface area contributed by atoms with Gasteiger partial charge in [-0.1, -0.05) is 0 Å². The van der Waals surface area contributed by atoms with Gasteiger partial charge in [0, 0.05) is 37.8 Å². The lowest BCUT2D eigenvalue weighted by Gasteiger charge is -2.38. The van der Waals surface area contributed by atoms with Crippen LogP contribution < -0.4 is 0 Å². The summed E-state index contributed by atoms with van der Waals surface area (Å²) in [6, 6.07) is 2.39. The van der Waals surface area contributed by atoms with Crippen LogP contribution in [0.15, 0.2) is 0 Å². The number of rotatable bonds is 6. The zero-order valence-corrected chi connectivity index (χ0v) is 15.7. The number of likely N-dealkylation sites (tertiary alicyclic amines) is 2. The molecule has 0 N–H and O–H groups in total. The minimum atomic E-state index is 0.721. The topological polar surface area (TPSA) is 13.0 Å². The Labute approximate surface area is 143 Å². The first-order valence-electron chi connectivity index (χ1n) is 10.1. The van der Waals surface area contributed by atoms with E-state index in [0.29, 0.717) is 0 Å². The van der Waals surface area contributed by atoms with E-state index in [1.165, 1.54) is 84.6 Å². The lowest BCUT2D eigenvalue weighted by atomic mass is 10.0. The fourth-order valence-electron chi connectivity index (χ4n) is 4.74. The zero-order chi connectivity index (χ0) is 16.2. The molecule has 1 atom stereocenters. The molecule has 3 heterocycles. The summed E-state index contributed by atoms with van der Waals surface area (Å²) in [6.45, 7) is 17.4. The third-order valence-electron chi connectivity index (χ3n) is 6.44. The van der Waals surface area contributed by atoms with Crippen molar-refractivity contribution in [3.8, 4) is 0 Å². The fourth-order valence-corrected chi connectivity index (χ4v) is 4.74. The standard InChI is InChI=1S/C19H38N4/c1-17(2)21-12-7-19(8-13-21)23-15-14-20(16-23)9-5-11-22-10-4-6-18(22)3/h17-19H,4-16H2,1-3H3. The molecule has 134 valence electrons. The van der Waals surface area contributed by atoms with Crippen LogP contribution in [-0.4, -0.2) is 90.2 Å². The molecule has 1 unspecified atom stereocenters. The molecule has 0 aromatic carbocycles. The first kappa shape index (κ1) is 17.7. The molecule has 0 aromatic rings. The average molecular weight is 323 g/mol. The highest BCUT2D eigenvalue weighted by Gasteiger charge is 2.30. The molecule has 0 radical (unpaired) electrons. The summed E-state index contributed by atoms with van der Waals surface area (Å²) in [5.41, 5.74) is 0. The highest BCUT2D eigenvalue weighted by atomic mass is 15.4. The molecule has 4 nitrogen and oxygen atoms in total. The summed E-state index contributed by atoms with van der Waals surface area (Å²) >= 11 is 0. The van der Waals surface area contributed by atoms with Gasteiger partial charge in [-0.15, -0.1) is 0 Å². The summed E-state index contributed by atoms with van der Waals surface area (Å²) in [5.74, 6) is 0. The molecule has 0 bridgehead atoms. The Morgan fingerprint density at radius 2 is 1.70 bits per heavy atom. The second-order valence-corrected chi connectivity index (χ2v) is 8.31. The molecule has 3 aliphatic rings. The number of piperidine rings is 1. The van der Waals surface area contributed by atoms with Crippen LogP contribution in [0.3, 0.4) is 0 Å². The molecular formula is C19H38N4. The lowest BCUT2D eigenvalue weighted by Crippen LogP contribution is -2.46. The first-order valence-corrected chi connectivity index (χ1v) is 10.1. The van der Waals surface area contributed by atoms with Gasteiger partial charge >= 0.3 is 0 Å². The maximum Gasteiger partial charge on any atom is 0.0509 e. The Morgan fingerprint density at radius 3 is 2.35 bits per heavy atom. The van der Waals surface area contributed by atoms with Gasteiger partial charge < -0.3 is 9.80 Å². The molecule has 3 fully saturated rings. The van der Waals surface area contributed by atoms with Gasteiger partial charge in [0.2, 0.25) is 0 Å². The highest BCUT2D eigenvalue weighted by Crippen LogP contribution is 2.21. The minimum Gasteiger partial charge on any atom is -0.301 e. The normalized spacial score (nSPS) is 30.0. The van der Waals surface area contributed by atoms with Gasteiger partial charge in [0.15, 0.2) is 0 Å². The van der Waals surface area contributed by atoms with E-state index in [4.69, 9.17) is 0 Å². The Hall–Kier alpha value is -0.160. The van der Waals surface area contributed by atoms with Gasteiger partial charge in [-0.2, -0.15) is 0 Å². The third-order valence-corrected chi connectivity index (χ3v) is 6.44. The van der Waals surface area contributed by atoms with Gasteiger partial charge in [-0.05, 0) is 79.1 Å². The minimum absolute atomic E-state index is 0.721. The molecule has 0 aliphatic carbocycles. The zero-order valence-electron chi connectivity index (χ0n) is 15.7. The molecule has 0 amide bonds. The second kappa shape index (κ2) is 8.28. The Kier molecular flexibility index (Phi) is 6.36. The van der Waals surface area contributed by atoms with Gasteiger partial charge in [-0.25, -0.2) is 0 Å². The van der Waals surface area contributed by atoms with Crippen LogP contribution in [0.4, 0.5) is 0 Å².